The summed E-state index contributed by atoms with van der Waals surface area (Å²) in [5, 5.41) is 0.834. The predicted octanol–water partition coefficient (Wildman–Crippen LogP) is 4.07. The van der Waals surface area contributed by atoms with Gasteiger partial charge in [-0.1, -0.05) is 30.0 Å². The average molecular weight is 352 g/mol. The van der Waals surface area contributed by atoms with Gasteiger partial charge in [-0.15, -0.1) is 0 Å². The van der Waals surface area contributed by atoms with E-state index in [9.17, 15) is 9.59 Å². The van der Waals surface area contributed by atoms with Crippen LogP contribution in [0.4, 0.5) is 0 Å². The summed E-state index contributed by atoms with van der Waals surface area (Å²) in [5.41, 5.74) is 3.56. The van der Waals surface area contributed by atoms with E-state index in [0.717, 1.165) is 16.8 Å². The van der Waals surface area contributed by atoms with Gasteiger partial charge in [0.05, 0.1) is 21.8 Å². The highest BCUT2D eigenvalue weighted by Crippen LogP contribution is 2.26. The lowest BCUT2D eigenvalue weighted by molar-refractivity contribution is -0.116. The molecule has 0 spiro atoms. The molecule has 5 heteroatoms. The second-order valence-corrected chi connectivity index (χ2v) is 7.50. The molecule has 1 heterocycles. The zero-order chi connectivity index (χ0) is 18.1. The predicted molar refractivity (Wildman–Crippen MR) is 103 cm³/mol. The summed E-state index contributed by atoms with van der Waals surface area (Å²) in [7, 11) is 0. The molecule has 3 rings (SSSR count). The normalized spacial score (nSPS) is 12.3. The van der Waals surface area contributed by atoms with Crippen molar-refractivity contribution in [1.82, 2.24) is 9.55 Å². The Morgan fingerprint density at radius 3 is 2.52 bits per heavy atom. The Hall–Kier alpha value is -2.40. The van der Waals surface area contributed by atoms with Crippen molar-refractivity contribution in [2.24, 2.45) is 0 Å². The van der Waals surface area contributed by atoms with Crippen LogP contribution in [0.15, 0.2) is 52.4 Å². The summed E-state index contributed by atoms with van der Waals surface area (Å²) >= 11 is 1.31. The van der Waals surface area contributed by atoms with Crippen LogP contribution >= 0.6 is 11.8 Å². The standard InChI is InChI=1S/C20H20N2O2S/c1-12-9-10-16(11-13(12)2)22-19(24)17-7-5-6-8-18(17)21-20(22)25-15(4)14(3)23/h5-11,15H,1-4H3. The lowest BCUT2D eigenvalue weighted by atomic mass is 10.1. The fraction of sp³-hybridized carbons (Fsp3) is 0.250. The molecule has 1 unspecified atom stereocenters. The summed E-state index contributed by atoms with van der Waals surface area (Å²) in [5.74, 6) is 0.0547. The molecule has 0 amide bonds. The van der Waals surface area contributed by atoms with Crippen molar-refractivity contribution in [2.45, 2.75) is 38.1 Å². The SMILES string of the molecule is CC(=O)C(C)Sc1nc2ccccc2c(=O)n1-c1ccc(C)c(C)c1. The molecule has 0 saturated heterocycles. The van der Waals surface area contributed by atoms with Crippen LogP contribution in [0.1, 0.15) is 25.0 Å². The van der Waals surface area contributed by atoms with E-state index in [2.05, 4.69) is 4.98 Å². The summed E-state index contributed by atoms with van der Waals surface area (Å²) in [4.78, 5) is 29.5. The van der Waals surface area contributed by atoms with Gasteiger partial charge >= 0.3 is 0 Å². The highest BCUT2D eigenvalue weighted by atomic mass is 32.2. The number of aryl methyl sites for hydroxylation is 2. The Labute approximate surface area is 150 Å². The first-order chi connectivity index (χ1) is 11.9. The molecule has 0 fully saturated rings. The number of nitrogens with zero attached hydrogens (tertiary/aromatic N) is 2. The van der Waals surface area contributed by atoms with Gasteiger partial charge in [0.15, 0.2) is 5.16 Å². The minimum absolute atomic E-state index is 0.0547. The van der Waals surface area contributed by atoms with E-state index >= 15 is 0 Å². The molecule has 1 atom stereocenters. The number of hydrogen-bond donors (Lipinski definition) is 0. The molecule has 25 heavy (non-hydrogen) atoms. The average Bonchev–Trinajstić information content (AvgIpc) is 2.58. The van der Waals surface area contributed by atoms with Crippen LogP contribution < -0.4 is 5.56 Å². The number of benzene rings is 2. The van der Waals surface area contributed by atoms with Gasteiger partial charge in [-0.2, -0.15) is 0 Å². The van der Waals surface area contributed by atoms with E-state index in [-0.39, 0.29) is 16.6 Å². The minimum atomic E-state index is -0.272. The third kappa shape index (κ3) is 3.37. The number of para-hydroxylation sites is 1. The van der Waals surface area contributed by atoms with E-state index < -0.39 is 0 Å². The number of thioether (sulfide) groups is 1. The van der Waals surface area contributed by atoms with Crippen LogP contribution in [-0.4, -0.2) is 20.6 Å². The Balaban J connectivity index is 2.29. The number of fused-ring (bicyclic) bond motifs is 1. The molecule has 1 aromatic heterocycles. The van der Waals surface area contributed by atoms with Gasteiger partial charge in [-0.05, 0) is 63.1 Å². The third-order valence-corrected chi connectivity index (χ3v) is 5.52. The van der Waals surface area contributed by atoms with Crippen LogP contribution in [0, 0.1) is 13.8 Å². The zero-order valence-electron chi connectivity index (χ0n) is 14.7. The Kier molecular flexibility index (Phi) is 4.77. The van der Waals surface area contributed by atoms with Crippen molar-refractivity contribution in [3.8, 4) is 5.69 Å². The minimum Gasteiger partial charge on any atom is -0.299 e. The summed E-state index contributed by atoms with van der Waals surface area (Å²) in [6.45, 7) is 7.44. The lowest BCUT2D eigenvalue weighted by Gasteiger charge is -2.16. The molecule has 2 aromatic carbocycles. The van der Waals surface area contributed by atoms with Crippen molar-refractivity contribution in [1.29, 1.82) is 0 Å². The lowest BCUT2D eigenvalue weighted by Crippen LogP contribution is -2.23. The smallest absolute Gasteiger partial charge is 0.266 e. The monoisotopic (exact) mass is 352 g/mol. The first kappa shape index (κ1) is 17.4. The van der Waals surface area contributed by atoms with Crippen LogP contribution in [0.25, 0.3) is 16.6 Å². The molecule has 0 aliphatic heterocycles. The summed E-state index contributed by atoms with van der Waals surface area (Å²) < 4.78 is 1.61. The molecular formula is C20H20N2O2S. The number of carbonyl (C=O) groups excluding carboxylic acids is 1. The van der Waals surface area contributed by atoms with Gasteiger partial charge < -0.3 is 0 Å². The largest absolute Gasteiger partial charge is 0.299 e. The Bertz CT molecular complexity index is 1020. The van der Waals surface area contributed by atoms with Gasteiger partial charge in [0, 0.05) is 0 Å². The number of carbonyl (C=O) groups is 1. The highest BCUT2D eigenvalue weighted by molar-refractivity contribution is 8.00. The molecule has 0 radical (unpaired) electrons. The van der Waals surface area contributed by atoms with Crippen molar-refractivity contribution < 1.29 is 4.79 Å². The number of ketones is 1. The molecule has 3 aromatic rings. The topological polar surface area (TPSA) is 52.0 Å². The van der Waals surface area contributed by atoms with Crippen LogP contribution in [0.3, 0.4) is 0 Å². The second-order valence-electron chi connectivity index (χ2n) is 6.19. The van der Waals surface area contributed by atoms with Gasteiger partial charge in [0.1, 0.15) is 5.78 Å². The summed E-state index contributed by atoms with van der Waals surface area (Å²) in [6, 6.07) is 13.2. The molecule has 128 valence electrons. The molecule has 0 bridgehead atoms. The quantitative estimate of drug-likeness (QED) is 0.525. The van der Waals surface area contributed by atoms with Gasteiger partial charge in [-0.3, -0.25) is 14.2 Å². The van der Waals surface area contributed by atoms with Crippen LogP contribution in [0.5, 0.6) is 0 Å². The molecule has 0 aliphatic carbocycles. The molecule has 4 nitrogen and oxygen atoms in total. The van der Waals surface area contributed by atoms with E-state index in [1.807, 2.05) is 57.2 Å². The van der Waals surface area contributed by atoms with Crippen molar-refractivity contribution in [3.63, 3.8) is 0 Å². The van der Waals surface area contributed by atoms with Crippen molar-refractivity contribution in [3.05, 3.63) is 63.9 Å². The number of aromatic nitrogens is 2. The zero-order valence-corrected chi connectivity index (χ0v) is 15.6. The first-order valence-electron chi connectivity index (χ1n) is 8.15. The van der Waals surface area contributed by atoms with Crippen molar-refractivity contribution >= 4 is 28.4 Å². The molecule has 0 aliphatic rings. The van der Waals surface area contributed by atoms with E-state index in [1.165, 1.54) is 11.8 Å². The van der Waals surface area contributed by atoms with Crippen LogP contribution in [0.2, 0.25) is 0 Å². The molecule has 0 N–H and O–H groups in total. The van der Waals surface area contributed by atoms with Gasteiger partial charge in [0.25, 0.3) is 5.56 Å². The van der Waals surface area contributed by atoms with Gasteiger partial charge in [-0.25, -0.2) is 4.98 Å². The van der Waals surface area contributed by atoms with Crippen molar-refractivity contribution in [2.75, 3.05) is 0 Å². The number of rotatable bonds is 4. The molecular weight excluding hydrogens is 332 g/mol. The number of hydrogen-bond acceptors (Lipinski definition) is 4. The number of Topliss-reactive ketones (excluding diaryl/α,β-unsaturated/α-hetero) is 1. The van der Waals surface area contributed by atoms with Gasteiger partial charge in [0.2, 0.25) is 0 Å². The maximum absolute atomic E-state index is 13.1. The fourth-order valence-electron chi connectivity index (χ4n) is 2.52. The van der Waals surface area contributed by atoms with E-state index in [0.29, 0.717) is 16.1 Å². The Morgan fingerprint density at radius 1 is 1.12 bits per heavy atom. The van der Waals surface area contributed by atoms with Crippen LogP contribution in [-0.2, 0) is 4.79 Å². The van der Waals surface area contributed by atoms with E-state index in [1.54, 1.807) is 17.6 Å². The third-order valence-electron chi connectivity index (χ3n) is 4.35. The van der Waals surface area contributed by atoms with E-state index in [4.69, 9.17) is 0 Å². The fourth-order valence-corrected chi connectivity index (χ4v) is 3.45. The maximum atomic E-state index is 13.1. The highest BCUT2D eigenvalue weighted by Gasteiger charge is 2.18. The molecule has 0 saturated carbocycles. The summed E-state index contributed by atoms with van der Waals surface area (Å²) in [6.07, 6.45) is 0. The second kappa shape index (κ2) is 6.84. The maximum Gasteiger partial charge on any atom is 0.266 e. The first-order valence-corrected chi connectivity index (χ1v) is 9.03. The Morgan fingerprint density at radius 2 is 1.84 bits per heavy atom.